The van der Waals surface area contributed by atoms with Crippen molar-refractivity contribution in [2.45, 2.75) is 6.43 Å². The van der Waals surface area contributed by atoms with Gasteiger partial charge in [-0.3, -0.25) is 0 Å². The molecule has 4 N–H and O–H groups in total. The first-order valence-electron chi connectivity index (χ1n) is 4.15. The molecular weight excluding hydrogens is 206 g/mol. The van der Waals surface area contributed by atoms with Crippen molar-refractivity contribution in [3.05, 3.63) is 23.8 Å². The number of alkyl halides is 2. The van der Waals surface area contributed by atoms with Gasteiger partial charge in [0.25, 0.3) is 6.43 Å². The van der Waals surface area contributed by atoms with Crippen molar-refractivity contribution < 1.29 is 18.7 Å². The number of hydrogen-bond donors (Lipinski definition) is 3. The lowest BCUT2D eigenvalue weighted by Gasteiger charge is -2.08. The summed E-state index contributed by atoms with van der Waals surface area (Å²) in [4.78, 5) is 10.5. The van der Waals surface area contributed by atoms with Gasteiger partial charge in [0.1, 0.15) is 0 Å². The number of carbonyl (C=O) groups is 1. The van der Waals surface area contributed by atoms with Crippen molar-refractivity contribution in [3.63, 3.8) is 0 Å². The van der Waals surface area contributed by atoms with Crippen molar-refractivity contribution in [2.24, 2.45) is 0 Å². The largest absolute Gasteiger partial charge is 0.478 e. The number of carboxylic acid groups (broad SMARTS) is 1. The summed E-state index contributed by atoms with van der Waals surface area (Å²) in [6.07, 6.45) is -2.48. The molecule has 0 atom stereocenters. The summed E-state index contributed by atoms with van der Waals surface area (Å²) in [5.41, 5.74) is 5.94. The highest BCUT2D eigenvalue weighted by atomic mass is 19.3. The van der Waals surface area contributed by atoms with Crippen LogP contribution in [0.2, 0.25) is 0 Å². The third-order valence-corrected chi connectivity index (χ3v) is 1.75. The average molecular weight is 216 g/mol. The molecule has 15 heavy (non-hydrogen) atoms. The van der Waals surface area contributed by atoms with E-state index < -0.39 is 18.9 Å². The molecule has 0 fully saturated rings. The van der Waals surface area contributed by atoms with E-state index in [-0.39, 0.29) is 11.3 Å². The summed E-state index contributed by atoms with van der Waals surface area (Å²) in [5, 5.41) is 11.0. The second-order valence-corrected chi connectivity index (χ2v) is 2.88. The van der Waals surface area contributed by atoms with Gasteiger partial charge in [0, 0.05) is 0 Å². The molecule has 0 spiro atoms. The van der Waals surface area contributed by atoms with E-state index in [1.54, 1.807) is 0 Å². The first-order valence-corrected chi connectivity index (χ1v) is 4.15. The molecule has 4 nitrogen and oxygen atoms in total. The minimum atomic E-state index is -2.48. The van der Waals surface area contributed by atoms with Gasteiger partial charge in [-0.15, -0.1) is 0 Å². The van der Waals surface area contributed by atoms with Crippen LogP contribution in [0.4, 0.5) is 20.2 Å². The number of hydrogen-bond acceptors (Lipinski definition) is 3. The molecule has 0 amide bonds. The van der Waals surface area contributed by atoms with Crippen LogP contribution < -0.4 is 11.1 Å². The third kappa shape index (κ3) is 3.08. The number of rotatable bonds is 4. The molecule has 0 unspecified atom stereocenters. The van der Waals surface area contributed by atoms with Crippen molar-refractivity contribution in [2.75, 3.05) is 17.6 Å². The van der Waals surface area contributed by atoms with Crippen LogP contribution in [0.25, 0.3) is 0 Å². The maximum Gasteiger partial charge on any atom is 0.335 e. The fraction of sp³-hybridized carbons (Fsp3) is 0.222. The van der Waals surface area contributed by atoms with E-state index in [0.717, 1.165) is 0 Å². The minimum Gasteiger partial charge on any atom is -0.478 e. The first-order chi connectivity index (χ1) is 7.00. The van der Waals surface area contributed by atoms with Crippen molar-refractivity contribution in [1.29, 1.82) is 0 Å². The van der Waals surface area contributed by atoms with Crippen LogP contribution in [0.15, 0.2) is 18.2 Å². The lowest BCUT2D eigenvalue weighted by Crippen LogP contribution is -2.12. The Morgan fingerprint density at radius 3 is 2.67 bits per heavy atom. The van der Waals surface area contributed by atoms with E-state index >= 15 is 0 Å². The Hall–Kier alpha value is -1.85. The van der Waals surface area contributed by atoms with Crippen LogP contribution in [0.3, 0.4) is 0 Å². The number of anilines is 2. The average Bonchev–Trinajstić information content (AvgIpc) is 2.15. The molecule has 0 aliphatic carbocycles. The summed E-state index contributed by atoms with van der Waals surface area (Å²) in [7, 11) is 0. The predicted molar refractivity (Wildman–Crippen MR) is 52.3 cm³/mol. The number of nitrogens with two attached hydrogens (primary N) is 1. The summed E-state index contributed by atoms with van der Waals surface area (Å²) in [6, 6.07) is 3.88. The predicted octanol–water partition coefficient (Wildman–Crippen LogP) is 1.64. The quantitative estimate of drug-likeness (QED) is 0.669. The lowest BCUT2D eigenvalue weighted by atomic mass is 10.2. The van der Waals surface area contributed by atoms with Crippen LogP contribution in [0, 0.1) is 0 Å². The van der Waals surface area contributed by atoms with Gasteiger partial charge in [0.15, 0.2) is 0 Å². The number of aromatic carboxylic acids is 1. The second-order valence-electron chi connectivity index (χ2n) is 2.88. The maximum absolute atomic E-state index is 11.9. The van der Waals surface area contributed by atoms with Crippen molar-refractivity contribution >= 4 is 17.3 Å². The standard InChI is InChI=1S/C9H10F2N2O2/c10-8(11)4-13-7-2-1-5(9(14)15)3-6(7)12/h1-3,8,13H,4,12H2,(H,14,15). The number of carboxylic acids is 1. The Balaban J connectivity index is 2.79. The van der Waals surface area contributed by atoms with Crippen molar-refractivity contribution in [3.8, 4) is 0 Å². The maximum atomic E-state index is 11.9. The highest BCUT2D eigenvalue weighted by Gasteiger charge is 2.07. The van der Waals surface area contributed by atoms with Gasteiger partial charge in [-0.05, 0) is 18.2 Å². The Morgan fingerprint density at radius 2 is 2.20 bits per heavy atom. The van der Waals surface area contributed by atoms with E-state index in [9.17, 15) is 13.6 Å². The monoisotopic (exact) mass is 216 g/mol. The van der Waals surface area contributed by atoms with Gasteiger partial charge >= 0.3 is 5.97 Å². The summed E-state index contributed by atoms with van der Waals surface area (Å²) < 4.78 is 23.7. The molecule has 0 heterocycles. The highest BCUT2D eigenvalue weighted by molar-refractivity contribution is 5.90. The Labute approximate surface area is 84.7 Å². The third-order valence-electron chi connectivity index (χ3n) is 1.75. The minimum absolute atomic E-state index is 0.0232. The molecule has 0 saturated heterocycles. The molecule has 0 aromatic heterocycles. The van der Waals surface area contributed by atoms with Gasteiger partial charge in [0.2, 0.25) is 0 Å². The fourth-order valence-corrected chi connectivity index (χ4v) is 1.04. The van der Waals surface area contributed by atoms with E-state index in [0.29, 0.717) is 5.69 Å². The number of halogens is 2. The molecular formula is C9H10F2N2O2. The van der Waals surface area contributed by atoms with E-state index in [1.807, 2.05) is 0 Å². The number of benzene rings is 1. The van der Waals surface area contributed by atoms with Gasteiger partial charge in [-0.1, -0.05) is 0 Å². The summed E-state index contributed by atoms with van der Waals surface area (Å²) in [6.45, 7) is -0.517. The van der Waals surface area contributed by atoms with E-state index in [1.165, 1.54) is 18.2 Å². The van der Waals surface area contributed by atoms with Gasteiger partial charge in [0.05, 0.1) is 23.5 Å². The zero-order valence-electron chi connectivity index (χ0n) is 7.71. The summed E-state index contributed by atoms with van der Waals surface area (Å²) in [5.74, 6) is -1.11. The SMILES string of the molecule is Nc1cc(C(=O)O)ccc1NCC(F)F. The van der Waals surface area contributed by atoms with Crippen LogP contribution in [0.1, 0.15) is 10.4 Å². The van der Waals surface area contributed by atoms with Crippen LogP contribution in [-0.4, -0.2) is 24.0 Å². The summed E-state index contributed by atoms with van der Waals surface area (Å²) >= 11 is 0. The van der Waals surface area contributed by atoms with Gasteiger partial charge < -0.3 is 16.2 Å². The Morgan fingerprint density at radius 1 is 1.53 bits per heavy atom. The second kappa shape index (κ2) is 4.59. The zero-order valence-corrected chi connectivity index (χ0v) is 7.71. The van der Waals surface area contributed by atoms with Crippen LogP contribution in [0.5, 0.6) is 0 Å². The smallest absolute Gasteiger partial charge is 0.335 e. The Kier molecular flexibility index (Phi) is 3.43. The molecule has 0 aliphatic heterocycles. The van der Waals surface area contributed by atoms with E-state index in [2.05, 4.69) is 5.32 Å². The molecule has 0 radical (unpaired) electrons. The molecule has 0 aliphatic rings. The topological polar surface area (TPSA) is 75.4 Å². The number of nitrogen functional groups attached to an aromatic ring is 1. The Bertz CT molecular complexity index is 369. The molecule has 1 rings (SSSR count). The molecule has 1 aromatic carbocycles. The lowest BCUT2D eigenvalue weighted by molar-refractivity contribution is 0.0697. The van der Waals surface area contributed by atoms with Crippen molar-refractivity contribution in [1.82, 2.24) is 0 Å². The first kappa shape index (κ1) is 11.2. The molecule has 0 saturated carbocycles. The molecule has 1 aromatic rings. The molecule has 82 valence electrons. The van der Waals surface area contributed by atoms with Crippen LogP contribution in [-0.2, 0) is 0 Å². The molecule has 0 bridgehead atoms. The highest BCUT2D eigenvalue weighted by Crippen LogP contribution is 2.20. The zero-order chi connectivity index (χ0) is 11.4. The molecule has 6 heteroatoms. The van der Waals surface area contributed by atoms with Gasteiger partial charge in [-0.2, -0.15) is 0 Å². The normalized spacial score (nSPS) is 10.3. The fourth-order valence-electron chi connectivity index (χ4n) is 1.04. The van der Waals surface area contributed by atoms with E-state index in [4.69, 9.17) is 10.8 Å². The van der Waals surface area contributed by atoms with Crippen LogP contribution >= 0.6 is 0 Å². The number of nitrogens with one attached hydrogen (secondary N) is 1. The van der Waals surface area contributed by atoms with Gasteiger partial charge in [-0.25, -0.2) is 13.6 Å².